The molecule has 100 valence electrons. The average Bonchev–Trinajstić information content (AvgIpc) is 2.37. The van der Waals surface area contributed by atoms with Gasteiger partial charge in [0, 0.05) is 11.8 Å². The molecule has 0 unspecified atom stereocenters. The van der Waals surface area contributed by atoms with E-state index in [4.69, 9.17) is 5.11 Å². The van der Waals surface area contributed by atoms with E-state index >= 15 is 0 Å². The molecular weight excluding hydrogens is 264 g/mol. The molecule has 3 nitrogen and oxygen atoms in total. The SMILES string of the molecule is OCc1ccnc(-c2ccc(F)cc2C(F)(F)F)n1. The van der Waals surface area contributed by atoms with Crippen molar-refractivity contribution in [2.75, 3.05) is 0 Å². The Morgan fingerprint density at radius 1 is 1.16 bits per heavy atom. The fourth-order valence-corrected chi connectivity index (χ4v) is 1.56. The molecule has 0 bridgehead atoms. The van der Waals surface area contributed by atoms with Crippen molar-refractivity contribution < 1.29 is 22.7 Å². The molecule has 0 aliphatic carbocycles. The summed E-state index contributed by atoms with van der Waals surface area (Å²) in [5, 5.41) is 8.91. The van der Waals surface area contributed by atoms with Gasteiger partial charge in [0.1, 0.15) is 5.82 Å². The summed E-state index contributed by atoms with van der Waals surface area (Å²) in [6, 6.07) is 3.64. The fourth-order valence-electron chi connectivity index (χ4n) is 1.56. The predicted molar refractivity (Wildman–Crippen MR) is 58.4 cm³/mol. The van der Waals surface area contributed by atoms with Crippen molar-refractivity contribution in [1.29, 1.82) is 0 Å². The van der Waals surface area contributed by atoms with Crippen LogP contribution < -0.4 is 0 Å². The van der Waals surface area contributed by atoms with Gasteiger partial charge < -0.3 is 5.11 Å². The minimum Gasteiger partial charge on any atom is -0.390 e. The zero-order valence-electron chi connectivity index (χ0n) is 9.45. The summed E-state index contributed by atoms with van der Waals surface area (Å²) < 4.78 is 51.4. The molecule has 2 rings (SSSR count). The van der Waals surface area contributed by atoms with Crippen LogP contribution in [-0.4, -0.2) is 15.1 Å². The number of hydrogen-bond donors (Lipinski definition) is 1. The molecule has 0 saturated heterocycles. The van der Waals surface area contributed by atoms with Crippen molar-refractivity contribution in [3.8, 4) is 11.4 Å². The van der Waals surface area contributed by atoms with Gasteiger partial charge in [0.25, 0.3) is 0 Å². The smallest absolute Gasteiger partial charge is 0.390 e. The van der Waals surface area contributed by atoms with Crippen molar-refractivity contribution in [3.63, 3.8) is 0 Å². The van der Waals surface area contributed by atoms with Crippen LogP contribution in [0.5, 0.6) is 0 Å². The Balaban J connectivity index is 2.61. The Bertz CT molecular complexity index is 599. The minimum absolute atomic E-state index is 0.183. The topological polar surface area (TPSA) is 46.0 Å². The lowest BCUT2D eigenvalue weighted by atomic mass is 10.1. The number of aromatic nitrogens is 2. The molecule has 0 fully saturated rings. The van der Waals surface area contributed by atoms with Gasteiger partial charge in [-0.2, -0.15) is 13.2 Å². The highest BCUT2D eigenvalue weighted by Crippen LogP contribution is 2.36. The second-order valence-corrected chi connectivity index (χ2v) is 3.72. The Morgan fingerprint density at radius 2 is 1.89 bits per heavy atom. The molecule has 1 heterocycles. The van der Waals surface area contributed by atoms with Crippen LogP contribution in [0.25, 0.3) is 11.4 Å². The van der Waals surface area contributed by atoms with E-state index in [0.717, 1.165) is 12.1 Å². The number of alkyl halides is 3. The van der Waals surface area contributed by atoms with Gasteiger partial charge in [0.05, 0.1) is 17.9 Å². The molecule has 0 amide bonds. The Labute approximate surface area is 105 Å². The third kappa shape index (κ3) is 2.87. The van der Waals surface area contributed by atoms with Crippen LogP contribution in [0.2, 0.25) is 0 Å². The van der Waals surface area contributed by atoms with Gasteiger partial charge >= 0.3 is 6.18 Å². The maximum Gasteiger partial charge on any atom is 0.417 e. The van der Waals surface area contributed by atoms with Gasteiger partial charge in [-0.1, -0.05) is 0 Å². The molecule has 1 N–H and O–H groups in total. The summed E-state index contributed by atoms with van der Waals surface area (Å²) in [4.78, 5) is 7.50. The van der Waals surface area contributed by atoms with Gasteiger partial charge in [0.15, 0.2) is 5.82 Å². The van der Waals surface area contributed by atoms with E-state index in [9.17, 15) is 17.6 Å². The van der Waals surface area contributed by atoms with E-state index in [1.165, 1.54) is 12.3 Å². The first-order chi connectivity index (χ1) is 8.91. The maximum atomic E-state index is 13.0. The second kappa shape index (κ2) is 4.93. The van der Waals surface area contributed by atoms with E-state index in [0.29, 0.717) is 6.07 Å². The molecule has 7 heteroatoms. The summed E-state index contributed by atoms with van der Waals surface area (Å²) in [5.74, 6) is -1.20. The highest BCUT2D eigenvalue weighted by molar-refractivity contribution is 5.61. The first-order valence-corrected chi connectivity index (χ1v) is 5.21. The number of hydrogen-bond acceptors (Lipinski definition) is 3. The van der Waals surface area contributed by atoms with Crippen LogP contribution in [0.3, 0.4) is 0 Å². The lowest BCUT2D eigenvalue weighted by Crippen LogP contribution is -2.09. The molecule has 0 radical (unpaired) electrons. The summed E-state index contributed by atoms with van der Waals surface area (Å²) >= 11 is 0. The number of halogens is 4. The van der Waals surface area contributed by atoms with Crippen LogP contribution in [-0.2, 0) is 12.8 Å². The lowest BCUT2D eigenvalue weighted by molar-refractivity contribution is -0.137. The van der Waals surface area contributed by atoms with Crippen molar-refractivity contribution >= 4 is 0 Å². The molecular formula is C12H8F4N2O. The number of nitrogens with zero attached hydrogens (tertiary/aromatic N) is 2. The molecule has 0 spiro atoms. The quantitative estimate of drug-likeness (QED) is 0.855. The number of benzene rings is 1. The van der Waals surface area contributed by atoms with Crippen molar-refractivity contribution in [2.24, 2.45) is 0 Å². The van der Waals surface area contributed by atoms with Crippen LogP contribution in [0.15, 0.2) is 30.5 Å². The van der Waals surface area contributed by atoms with E-state index in [-0.39, 0.29) is 17.1 Å². The number of aliphatic hydroxyl groups is 1. The Kier molecular flexibility index (Phi) is 3.48. The van der Waals surface area contributed by atoms with Crippen molar-refractivity contribution in [3.05, 3.63) is 47.5 Å². The highest BCUT2D eigenvalue weighted by atomic mass is 19.4. The fraction of sp³-hybridized carbons (Fsp3) is 0.167. The molecule has 1 aromatic heterocycles. The van der Waals surface area contributed by atoms with Gasteiger partial charge in [-0.3, -0.25) is 0 Å². The number of aliphatic hydroxyl groups excluding tert-OH is 1. The Morgan fingerprint density at radius 3 is 2.53 bits per heavy atom. The Hall–Kier alpha value is -2.02. The van der Waals surface area contributed by atoms with Gasteiger partial charge in [-0.25, -0.2) is 14.4 Å². The highest BCUT2D eigenvalue weighted by Gasteiger charge is 2.34. The van der Waals surface area contributed by atoms with Crippen molar-refractivity contribution in [2.45, 2.75) is 12.8 Å². The monoisotopic (exact) mass is 272 g/mol. The third-order valence-corrected chi connectivity index (χ3v) is 2.40. The van der Waals surface area contributed by atoms with Crippen LogP contribution in [0, 0.1) is 5.82 Å². The second-order valence-electron chi connectivity index (χ2n) is 3.72. The molecule has 0 aliphatic rings. The van der Waals surface area contributed by atoms with Gasteiger partial charge in [-0.05, 0) is 24.3 Å². The normalized spacial score (nSPS) is 11.6. The molecule has 19 heavy (non-hydrogen) atoms. The molecule has 0 saturated carbocycles. The third-order valence-electron chi connectivity index (χ3n) is 2.40. The summed E-state index contributed by atoms with van der Waals surface area (Å²) in [6.45, 7) is -0.419. The maximum absolute atomic E-state index is 13.0. The van der Waals surface area contributed by atoms with E-state index in [2.05, 4.69) is 9.97 Å². The summed E-state index contributed by atoms with van der Waals surface area (Å²) in [6.07, 6.45) is -3.48. The summed E-state index contributed by atoms with van der Waals surface area (Å²) in [7, 11) is 0. The first kappa shape index (κ1) is 13.4. The zero-order chi connectivity index (χ0) is 14.0. The first-order valence-electron chi connectivity index (χ1n) is 5.21. The van der Waals surface area contributed by atoms with E-state index < -0.39 is 24.2 Å². The molecule has 1 aromatic carbocycles. The van der Waals surface area contributed by atoms with E-state index in [1.807, 2.05) is 0 Å². The molecule has 0 atom stereocenters. The lowest BCUT2D eigenvalue weighted by Gasteiger charge is -2.12. The van der Waals surface area contributed by atoms with Crippen LogP contribution in [0.1, 0.15) is 11.3 Å². The minimum atomic E-state index is -4.71. The van der Waals surface area contributed by atoms with Crippen LogP contribution >= 0.6 is 0 Å². The largest absolute Gasteiger partial charge is 0.417 e. The standard InChI is InChI=1S/C12H8F4N2O/c13-7-1-2-9(10(5-7)12(14,15)16)11-17-4-3-8(6-19)18-11/h1-5,19H,6H2. The van der Waals surface area contributed by atoms with Gasteiger partial charge in [0.2, 0.25) is 0 Å². The zero-order valence-corrected chi connectivity index (χ0v) is 9.45. The van der Waals surface area contributed by atoms with E-state index in [1.54, 1.807) is 0 Å². The number of rotatable bonds is 2. The molecule has 0 aliphatic heterocycles. The predicted octanol–water partition coefficient (Wildman–Crippen LogP) is 2.79. The van der Waals surface area contributed by atoms with Gasteiger partial charge in [-0.15, -0.1) is 0 Å². The summed E-state index contributed by atoms with van der Waals surface area (Å²) in [5.41, 5.74) is -1.30. The molecule has 2 aromatic rings. The van der Waals surface area contributed by atoms with Crippen LogP contribution in [0.4, 0.5) is 17.6 Å². The van der Waals surface area contributed by atoms with Crippen molar-refractivity contribution in [1.82, 2.24) is 9.97 Å². The average molecular weight is 272 g/mol.